The Morgan fingerprint density at radius 2 is 2.12 bits per heavy atom. The summed E-state index contributed by atoms with van der Waals surface area (Å²) < 4.78 is 33.8. The van der Waals surface area contributed by atoms with Crippen LogP contribution in [0.1, 0.15) is 13.3 Å². The van der Waals surface area contributed by atoms with Crippen LogP contribution in [0.25, 0.3) is 0 Å². The summed E-state index contributed by atoms with van der Waals surface area (Å²) in [5.41, 5.74) is 0.811. The van der Waals surface area contributed by atoms with Crippen molar-refractivity contribution in [3.8, 4) is 11.5 Å². The summed E-state index contributed by atoms with van der Waals surface area (Å²) in [7, 11) is 0.413. The van der Waals surface area contributed by atoms with Gasteiger partial charge >= 0.3 is 0 Å². The van der Waals surface area contributed by atoms with Crippen LogP contribution in [0.15, 0.2) is 23.2 Å². The van der Waals surface area contributed by atoms with Crippen LogP contribution in [0.4, 0.5) is 5.69 Å². The zero-order chi connectivity index (χ0) is 17.6. The Morgan fingerprint density at radius 1 is 1.36 bits per heavy atom. The number of aliphatic imine (C=N–C) groups is 1. The van der Waals surface area contributed by atoms with E-state index in [9.17, 15) is 8.42 Å². The molecule has 0 amide bonds. The fraction of sp³-hybridized carbons (Fsp3) is 0.562. The minimum absolute atomic E-state index is 0. The molecule has 0 radical (unpaired) electrons. The zero-order valence-corrected chi connectivity index (χ0v) is 17.9. The largest absolute Gasteiger partial charge is 0.493 e. The minimum Gasteiger partial charge on any atom is -0.493 e. The summed E-state index contributed by atoms with van der Waals surface area (Å²) in [6.45, 7) is 3.03. The Labute approximate surface area is 166 Å². The third-order valence-corrected chi connectivity index (χ3v) is 5.67. The van der Waals surface area contributed by atoms with Gasteiger partial charge in [0.1, 0.15) is 0 Å². The molecule has 9 heteroatoms. The summed E-state index contributed by atoms with van der Waals surface area (Å²) >= 11 is 0. The molecule has 7 nitrogen and oxygen atoms in total. The van der Waals surface area contributed by atoms with Crippen molar-refractivity contribution >= 4 is 45.5 Å². The maximum absolute atomic E-state index is 11.5. The molecule has 25 heavy (non-hydrogen) atoms. The smallest absolute Gasteiger partial charge is 0.195 e. The number of nitrogens with zero attached hydrogens (tertiary/aromatic N) is 1. The van der Waals surface area contributed by atoms with E-state index in [1.807, 2.05) is 25.1 Å². The number of guanidine groups is 1. The van der Waals surface area contributed by atoms with Crippen LogP contribution in [-0.4, -0.2) is 53.2 Å². The molecule has 142 valence electrons. The first-order valence-corrected chi connectivity index (χ1v) is 9.78. The molecule has 1 heterocycles. The summed E-state index contributed by atoms with van der Waals surface area (Å²) in [6, 6.07) is 5.54. The molecule has 1 aliphatic rings. The molecule has 1 saturated heterocycles. The standard InChI is InChI=1S/C16H25N3O4S.HI/c1-4-23-15-9-13(5-6-14(15)22-3)19-16(17-2)18-10-12-7-8-24(20,21)11-12;/h5-6,9,12H,4,7-8,10-11H2,1-3H3,(H2,17,18,19);1H. The molecule has 0 bridgehead atoms. The van der Waals surface area contributed by atoms with Crippen molar-refractivity contribution in [2.45, 2.75) is 13.3 Å². The molecule has 1 aromatic rings. The molecule has 1 atom stereocenters. The zero-order valence-electron chi connectivity index (χ0n) is 14.7. The lowest BCUT2D eigenvalue weighted by atomic mass is 10.1. The van der Waals surface area contributed by atoms with E-state index in [0.29, 0.717) is 37.0 Å². The molecule has 0 aliphatic carbocycles. The third kappa shape index (κ3) is 6.53. The molecule has 1 fully saturated rings. The highest BCUT2D eigenvalue weighted by Crippen LogP contribution is 2.30. The van der Waals surface area contributed by atoms with Crippen LogP contribution in [-0.2, 0) is 9.84 Å². The van der Waals surface area contributed by atoms with Crippen LogP contribution in [0, 0.1) is 5.92 Å². The SMILES string of the molecule is CCOc1cc(NC(=NC)NCC2CCS(=O)(=O)C2)ccc1OC.I. The minimum atomic E-state index is -2.86. The van der Waals surface area contributed by atoms with Crippen molar-refractivity contribution in [3.05, 3.63) is 18.2 Å². The number of anilines is 1. The summed E-state index contributed by atoms with van der Waals surface area (Å²) in [6.07, 6.45) is 0.698. The first-order chi connectivity index (χ1) is 11.5. The normalized spacial score (nSPS) is 19.0. The Balaban J connectivity index is 0.00000312. The topological polar surface area (TPSA) is 89.0 Å². The van der Waals surface area contributed by atoms with Crippen LogP contribution in [0.2, 0.25) is 0 Å². The molecular formula is C16H26IN3O4S. The van der Waals surface area contributed by atoms with Gasteiger partial charge in [-0.3, -0.25) is 4.99 Å². The van der Waals surface area contributed by atoms with E-state index in [2.05, 4.69) is 15.6 Å². The van der Waals surface area contributed by atoms with Gasteiger partial charge in [0.2, 0.25) is 0 Å². The van der Waals surface area contributed by atoms with Crippen molar-refractivity contribution in [2.24, 2.45) is 10.9 Å². The van der Waals surface area contributed by atoms with Gasteiger partial charge in [-0.15, -0.1) is 24.0 Å². The second kappa shape index (κ2) is 10.0. The summed E-state index contributed by atoms with van der Waals surface area (Å²) in [5, 5.41) is 6.36. The average Bonchev–Trinajstić information content (AvgIpc) is 2.91. The highest BCUT2D eigenvalue weighted by molar-refractivity contribution is 14.0. The number of nitrogens with one attached hydrogen (secondary N) is 2. The molecule has 0 spiro atoms. The second-order valence-electron chi connectivity index (χ2n) is 5.65. The van der Waals surface area contributed by atoms with Crippen molar-refractivity contribution in [2.75, 3.05) is 44.1 Å². The number of methoxy groups -OCH3 is 1. The van der Waals surface area contributed by atoms with Crippen molar-refractivity contribution in [1.82, 2.24) is 5.32 Å². The predicted molar refractivity (Wildman–Crippen MR) is 111 cm³/mol. The van der Waals surface area contributed by atoms with Gasteiger partial charge in [0.15, 0.2) is 27.3 Å². The molecule has 2 N–H and O–H groups in total. The number of halogens is 1. The molecule has 2 rings (SSSR count). The van der Waals surface area contributed by atoms with E-state index >= 15 is 0 Å². The van der Waals surface area contributed by atoms with Gasteiger partial charge in [0, 0.05) is 25.3 Å². The maximum atomic E-state index is 11.5. The van der Waals surface area contributed by atoms with E-state index < -0.39 is 9.84 Å². The lowest BCUT2D eigenvalue weighted by Crippen LogP contribution is -2.35. The van der Waals surface area contributed by atoms with E-state index in [4.69, 9.17) is 9.47 Å². The molecule has 0 saturated carbocycles. The van der Waals surface area contributed by atoms with Crippen LogP contribution < -0.4 is 20.1 Å². The lowest BCUT2D eigenvalue weighted by Gasteiger charge is -2.16. The summed E-state index contributed by atoms with van der Waals surface area (Å²) in [4.78, 5) is 4.17. The number of hydrogen-bond acceptors (Lipinski definition) is 5. The van der Waals surface area contributed by atoms with Gasteiger partial charge in [-0.2, -0.15) is 0 Å². The first kappa shape index (κ1) is 21.8. The van der Waals surface area contributed by atoms with Gasteiger partial charge in [-0.05, 0) is 31.4 Å². The number of rotatable bonds is 6. The van der Waals surface area contributed by atoms with Gasteiger partial charge < -0.3 is 20.1 Å². The van der Waals surface area contributed by atoms with E-state index in [0.717, 1.165) is 5.69 Å². The predicted octanol–water partition coefficient (Wildman–Crippen LogP) is 2.13. The monoisotopic (exact) mass is 483 g/mol. The molecule has 0 aromatic heterocycles. The van der Waals surface area contributed by atoms with Crippen molar-refractivity contribution in [1.29, 1.82) is 0 Å². The fourth-order valence-electron chi connectivity index (χ4n) is 2.61. The first-order valence-electron chi connectivity index (χ1n) is 7.96. The highest BCUT2D eigenvalue weighted by Gasteiger charge is 2.27. The Hall–Kier alpha value is -1.23. The van der Waals surface area contributed by atoms with E-state index in [-0.39, 0.29) is 41.4 Å². The van der Waals surface area contributed by atoms with Crippen LogP contribution in [0.3, 0.4) is 0 Å². The molecule has 1 aromatic carbocycles. The Bertz CT molecular complexity index is 695. The average molecular weight is 483 g/mol. The second-order valence-corrected chi connectivity index (χ2v) is 7.87. The number of benzene rings is 1. The third-order valence-electron chi connectivity index (χ3n) is 3.83. The van der Waals surface area contributed by atoms with E-state index in [1.165, 1.54) is 0 Å². The van der Waals surface area contributed by atoms with Crippen LogP contribution >= 0.6 is 24.0 Å². The van der Waals surface area contributed by atoms with Gasteiger partial charge in [0.25, 0.3) is 0 Å². The van der Waals surface area contributed by atoms with Gasteiger partial charge in [0.05, 0.1) is 25.2 Å². The van der Waals surface area contributed by atoms with Crippen molar-refractivity contribution < 1.29 is 17.9 Å². The van der Waals surface area contributed by atoms with Crippen molar-refractivity contribution in [3.63, 3.8) is 0 Å². The van der Waals surface area contributed by atoms with Gasteiger partial charge in [-0.1, -0.05) is 0 Å². The molecular weight excluding hydrogens is 457 g/mol. The number of sulfone groups is 1. The molecule has 1 unspecified atom stereocenters. The Morgan fingerprint density at radius 3 is 2.68 bits per heavy atom. The lowest BCUT2D eigenvalue weighted by molar-refractivity contribution is 0.311. The number of ether oxygens (including phenoxy) is 2. The maximum Gasteiger partial charge on any atom is 0.195 e. The van der Waals surface area contributed by atoms with E-state index in [1.54, 1.807) is 14.2 Å². The summed E-state index contributed by atoms with van der Waals surface area (Å²) in [5.74, 6) is 2.56. The number of hydrogen-bond donors (Lipinski definition) is 2. The van der Waals surface area contributed by atoms with Crippen LogP contribution in [0.5, 0.6) is 11.5 Å². The fourth-order valence-corrected chi connectivity index (χ4v) is 4.47. The quantitative estimate of drug-likeness (QED) is 0.366. The Kier molecular flexibility index (Phi) is 8.77. The van der Waals surface area contributed by atoms with Gasteiger partial charge in [-0.25, -0.2) is 8.42 Å². The highest BCUT2D eigenvalue weighted by atomic mass is 127. The molecule has 1 aliphatic heterocycles.